The minimum absolute atomic E-state index is 0.0877. The average Bonchev–Trinajstić information content (AvgIpc) is 2.95. The van der Waals surface area contributed by atoms with E-state index in [-0.39, 0.29) is 11.7 Å². The summed E-state index contributed by atoms with van der Waals surface area (Å²) in [5.41, 5.74) is 6.61. The number of amides is 1. The topological polar surface area (TPSA) is 79.5 Å². The molecule has 7 heteroatoms. The van der Waals surface area contributed by atoms with Crippen molar-refractivity contribution in [1.82, 2.24) is 15.2 Å². The van der Waals surface area contributed by atoms with Crippen LogP contribution in [0.25, 0.3) is 0 Å². The molecule has 0 saturated carbocycles. The van der Waals surface area contributed by atoms with E-state index in [2.05, 4.69) is 31.6 Å². The number of hydrogen-bond donors (Lipinski definition) is 2. The van der Waals surface area contributed by atoms with Crippen molar-refractivity contribution in [3.8, 4) is 5.75 Å². The molecule has 3 rings (SSSR count). The van der Waals surface area contributed by atoms with E-state index >= 15 is 0 Å². The monoisotopic (exact) mass is 426 g/mol. The number of hydrogen-bond acceptors (Lipinski definition) is 4. The van der Waals surface area contributed by atoms with Crippen molar-refractivity contribution in [2.24, 2.45) is 5.10 Å². The maximum absolute atomic E-state index is 12.2. The Morgan fingerprint density at radius 1 is 1.22 bits per heavy atom. The Bertz CT molecular complexity index is 994. The van der Waals surface area contributed by atoms with Crippen LogP contribution in [0.2, 0.25) is 0 Å². The van der Waals surface area contributed by atoms with Crippen molar-refractivity contribution >= 4 is 28.1 Å². The minimum Gasteiger partial charge on any atom is -0.507 e. The standard InChI is InChI=1S/C20H19BrN4O2/c1-13-9-14(2)25(24-13)12-15-3-5-16(6-4-15)20(27)23-22-11-17-10-18(21)7-8-19(17)26/h3-11,26H,12H2,1-2H3,(H,23,27). The number of halogens is 1. The number of rotatable bonds is 5. The number of nitrogens with zero attached hydrogens (tertiary/aromatic N) is 3. The van der Waals surface area contributed by atoms with Crippen LogP contribution in [0.4, 0.5) is 0 Å². The summed E-state index contributed by atoms with van der Waals surface area (Å²) in [4.78, 5) is 12.2. The first kappa shape index (κ1) is 18.8. The summed E-state index contributed by atoms with van der Waals surface area (Å²) in [6.07, 6.45) is 1.40. The predicted molar refractivity (Wildman–Crippen MR) is 108 cm³/mol. The Hall–Kier alpha value is -2.93. The van der Waals surface area contributed by atoms with Gasteiger partial charge in [0.2, 0.25) is 0 Å². The van der Waals surface area contributed by atoms with E-state index in [9.17, 15) is 9.90 Å². The largest absolute Gasteiger partial charge is 0.507 e. The van der Waals surface area contributed by atoms with Crippen molar-refractivity contribution in [3.05, 3.63) is 81.1 Å². The normalized spacial score (nSPS) is 11.1. The molecular weight excluding hydrogens is 408 g/mol. The molecule has 2 aromatic carbocycles. The number of aromatic hydroxyl groups is 1. The van der Waals surface area contributed by atoms with Gasteiger partial charge in [0.25, 0.3) is 5.91 Å². The lowest BCUT2D eigenvalue weighted by atomic mass is 10.1. The van der Waals surface area contributed by atoms with Gasteiger partial charge >= 0.3 is 0 Å². The number of carbonyl (C=O) groups is 1. The third-order valence-electron chi connectivity index (χ3n) is 4.01. The molecule has 0 atom stereocenters. The molecule has 0 fully saturated rings. The summed E-state index contributed by atoms with van der Waals surface area (Å²) in [6.45, 7) is 4.64. The fourth-order valence-corrected chi connectivity index (χ4v) is 3.00. The number of phenols is 1. The van der Waals surface area contributed by atoms with Crippen LogP contribution < -0.4 is 5.43 Å². The van der Waals surface area contributed by atoms with Crippen LogP contribution in [-0.4, -0.2) is 27.0 Å². The van der Waals surface area contributed by atoms with Crippen LogP contribution in [0, 0.1) is 13.8 Å². The molecule has 0 radical (unpaired) electrons. The van der Waals surface area contributed by atoms with E-state index in [4.69, 9.17) is 0 Å². The highest BCUT2D eigenvalue weighted by Gasteiger charge is 2.06. The van der Waals surface area contributed by atoms with Gasteiger partial charge in [-0.05, 0) is 55.8 Å². The second-order valence-electron chi connectivity index (χ2n) is 6.18. The molecule has 3 aromatic rings. The Labute approximate surface area is 165 Å². The summed E-state index contributed by atoms with van der Waals surface area (Å²) in [5.74, 6) is -0.233. The first-order valence-corrected chi connectivity index (χ1v) is 9.13. The fourth-order valence-electron chi connectivity index (χ4n) is 2.62. The lowest BCUT2D eigenvalue weighted by Crippen LogP contribution is -2.17. The van der Waals surface area contributed by atoms with Crippen LogP contribution in [0.1, 0.15) is 32.9 Å². The number of carbonyl (C=O) groups excluding carboxylic acids is 1. The van der Waals surface area contributed by atoms with Crippen LogP contribution >= 0.6 is 15.9 Å². The number of aromatic nitrogens is 2. The zero-order valence-electron chi connectivity index (χ0n) is 15.0. The average molecular weight is 427 g/mol. The van der Waals surface area contributed by atoms with Crippen molar-refractivity contribution in [1.29, 1.82) is 0 Å². The molecule has 2 N–H and O–H groups in total. The molecule has 6 nitrogen and oxygen atoms in total. The first-order valence-electron chi connectivity index (χ1n) is 8.34. The Morgan fingerprint density at radius 3 is 2.63 bits per heavy atom. The van der Waals surface area contributed by atoms with Crippen LogP contribution in [0.5, 0.6) is 5.75 Å². The van der Waals surface area contributed by atoms with Gasteiger partial charge < -0.3 is 5.11 Å². The highest BCUT2D eigenvalue weighted by molar-refractivity contribution is 9.10. The van der Waals surface area contributed by atoms with Gasteiger partial charge in [-0.3, -0.25) is 9.48 Å². The molecule has 0 spiro atoms. The van der Waals surface area contributed by atoms with Crippen LogP contribution in [0.3, 0.4) is 0 Å². The van der Waals surface area contributed by atoms with Crippen molar-refractivity contribution in [2.75, 3.05) is 0 Å². The lowest BCUT2D eigenvalue weighted by molar-refractivity contribution is 0.0955. The second kappa shape index (κ2) is 8.18. The van der Waals surface area contributed by atoms with E-state index in [1.807, 2.05) is 36.7 Å². The van der Waals surface area contributed by atoms with Crippen molar-refractivity contribution < 1.29 is 9.90 Å². The number of aryl methyl sites for hydroxylation is 2. The smallest absolute Gasteiger partial charge is 0.271 e. The molecule has 27 heavy (non-hydrogen) atoms. The zero-order chi connectivity index (χ0) is 19.4. The minimum atomic E-state index is -0.321. The van der Waals surface area contributed by atoms with Crippen LogP contribution in [0.15, 0.2) is 58.1 Å². The fraction of sp³-hybridized carbons (Fsp3) is 0.150. The molecular formula is C20H19BrN4O2. The molecule has 0 aliphatic rings. The van der Waals surface area contributed by atoms with Gasteiger partial charge in [-0.25, -0.2) is 5.43 Å². The third kappa shape index (κ3) is 4.83. The molecule has 138 valence electrons. The molecule has 0 aliphatic heterocycles. The number of phenolic OH excluding ortho intramolecular Hbond substituents is 1. The molecule has 0 saturated heterocycles. The maximum atomic E-state index is 12.2. The molecule has 1 heterocycles. The van der Waals surface area contributed by atoms with Gasteiger partial charge in [-0.2, -0.15) is 10.2 Å². The Morgan fingerprint density at radius 2 is 1.96 bits per heavy atom. The SMILES string of the molecule is Cc1cc(C)n(Cc2ccc(C(=O)NN=Cc3cc(Br)ccc3O)cc2)n1. The van der Waals surface area contributed by atoms with E-state index in [1.165, 1.54) is 6.21 Å². The van der Waals surface area contributed by atoms with Crippen molar-refractivity contribution in [3.63, 3.8) is 0 Å². The molecule has 1 aromatic heterocycles. The number of benzene rings is 2. The highest BCUT2D eigenvalue weighted by atomic mass is 79.9. The van der Waals surface area contributed by atoms with E-state index in [1.54, 1.807) is 30.3 Å². The van der Waals surface area contributed by atoms with Gasteiger partial charge in [0.05, 0.1) is 18.5 Å². The van der Waals surface area contributed by atoms with Gasteiger partial charge in [-0.15, -0.1) is 0 Å². The zero-order valence-corrected chi connectivity index (χ0v) is 16.6. The Kier molecular flexibility index (Phi) is 5.71. The lowest BCUT2D eigenvalue weighted by Gasteiger charge is -2.06. The van der Waals surface area contributed by atoms with Crippen LogP contribution in [-0.2, 0) is 6.54 Å². The summed E-state index contributed by atoms with van der Waals surface area (Å²) >= 11 is 3.32. The summed E-state index contributed by atoms with van der Waals surface area (Å²) in [6, 6.07) is 14.3. The molecule has 0 aliphatic carbocycles. The van der Waals surface area contributed by atoms with Gasteiger partial charge in [0.15, 0.2) is 0 Å². The quantitative estimate of drug-likeness (QED) is 0.481. The predicted octanol–water partition coefficient (Wildman–Crippen LogP) is 3.78. The number of hydrazone groups is 1. The Balaban J connectivity index is 1.62. The molecule has 0 unspecified atom stereocenters. The summed E-state index contributed by atoms with van der Waals surface area (Å²) in [5, 5.41) is 18.1. The van der Waals surface area contributed by atoms with Gasteiger partial charge in [0.1, 0.15) is 5.75 Å². The summed E-state index contributed by atoms with van der Waals surface area (Å²) in [7, 11) is 0. The second-order valence-corrected chi connectivity index (χ2v) is 7.10. The maximum Gasteiger partial charge on any atom is 0.271 e. The van der Waals surface area contributed by atoms with E-state index in [0.717, 1.165) is 21.4 Å². The summed E-state index contributed by atoms with van der Waals surface area (Å²) < 4.78 is 2.74. The van der Waals surface area contributed by atoms with Gasteiger partial charge in [-0.1, -0.05) is 28.1 Å². The van der Waals surface area contributed by atoms with Gasteiger partial charge in [0, 0.05) is 21.3 Å². The van der Waals surface area contributed by atoms with Crippen molar-refractivity contribution in [2.45, 2.75) is 20.4 Å². The first-order chi connectivity index (χ1) is 12.9. The highest BCUT2D eigenvalue weighted by Crippen LogP contribution is 2.20. The number of nitrogens with one attached hydrogen (secondary N) is 1. The molecule has 1 amide bonds. The van der Waals surface area contributed by atoms with E-state index in [0.29, 0.717) is 17.7 Å². The van der Waals surface area contributed by atoms with E-state index < -0.39 is 0 Å². The third-order valence-corrected chi connectivity index (χ3v) is 4.50. The molecule has 0 bridgehead atoms.